The summed E-state index contributed by atoms with van der Waals surface area (Å²) in [5, 5.41) is 9.93. The number of aliphatic hydroxyl groups is 1. The average Bonchev–Trinajstić information content (AvgIpc) is 2.77. The summed E-state index contributed by atoms with van der Waals surface area (Å²) < 4.78 is 18.8. The van der Waals surface area contributed by atoms with Crippen LogP contribution in [0.2, 0.25) is 0 Å². The fourth-order valence-electron chi connectivity index (χ4n) is 1.95. The van der Waals surface area contributed by atoms with Crippen LogP contribution in [-0.4, -0.2) is 23.9 Å². The van der Waals surface area contributed by atoms with E-state index in [4.69, 9.17) is 4.74 Å². The molecule has 0 bridgehead atoms. The minimum absolute atomic E-state index is 0.0659. The van der Waals surface area contributed by atoms with Crippen molar-refractivity contribution in [3.63, 3.8) is 0 Å². The predicted octanol–water partition coefficient (Wildman–Crippen LogP) is 2.67. The Kier molecular flexibility index (Phi) is 3.95. The highest BCUT2D eigenvalue weighted by atomic mass is 79.9. The van der Waals surface area contributed by atoms with Crippen LogP contribution in [0, 0.1) is 5.82 Å². The Bertz CT molecular complexity index is 364. The smallest absolute Gasteiger partial charge is 0.137 e. The van der Waals surface area contributed by atoms with Gasteiger partial charge in [-0.3, -0.25) is 0 Å². The Morgan fingerprint density at radius 1 is 1.56 bits per heavy atom. The standard InChI is InChI=1S/C12H14BrFO2/c13-9-6-8(3-4-10(9)14)7-11(15)12-2-1-5-16-12/h3-4,6,11-12,15H,1-2,5,7H2. The van der Waals surface area contributed by atoms with Gasteiger partial charge in [-0.25, -0.2) is 4.39 Å². The first kappa shape index (κ1) is 12.0. The topological polar surface area (TPSA) is 29.5 Å². The molecule has 2 unspecified atom stereocenters. The Morgan fingerprint density at radius 2 is 2.38 bits per heavy atom. The summed E-state index contributed by atoms with van der Waals surface area (Å²) >= 11 is 3.13. The van der Waals surface area contributed by atoms with Gasteiger partial charge in [0.25, 0.3) is 0 Å². The molecule has 0 saturated carbocycles. The molecule has 2 atom stereocenters. The van der Waals surface area contributed by atoms with E-state index < -0.39 is 6.10 Å². The van der Waals surface area contributed by atoms with E-state index in [1.54, 1.807) is 12.1 Å². The van der Waals surface area contributed by atoms with Crippen molar-refractivity contribution in [3.05, 3.63) is 34.1 Å². The van der Waals surface area contributed by atoms with E-state index in [0.717, 1.165) is 25.0 Å². The SMILES string of the molecule is OC(Cc1ccc(F)c(Br)c1)C1CCCO1. The fraction of sp³-hybridized carbons (Fsp3) is 0.500. The molecule has 1 saturated heterocycles. The summed E-state index contributed by atoms with van der Waals surface area (Å²) in [5.74, 6) is -0.282. The first-order valence-corrected chi connectivity index (χ1v) is 6.19. The van der Waals surface area contributed by atoms with Gasteiger partial charge in [0.1, 0.15) is 5.82 Å². The maximum atomic E-state index is 13.0. The Labute approximate surface area is 103 Å². The van der Waals surface area contributed by atoms with Crippen LogP contribution in [0.5, 0.6) is 0 Å². The second-order valence-corrected chi connectivity index (χ2v) is 4.93. The van der Waals surface area contributed by atoms with Crippen molar-refractivity contribution in [1.29, 1.82) is 0 Å². The first-order chi connectivity index (χ1) is 7.66. The van der Waals surface area contributed by atoms with Crippen molar-refractivity contribution in [2.75, 3.05) is 6.61 Å². The molecule has 0 amide bonds. The Balaban J connectivity index is 1.99. The van der Waals surface area contributed by atoms with E-state index in [-0.39, 0.29) is 11.9 Å². The van der Waals surface area contributed by atoms with Gasteiger partial charge >= 0.3 is 0 Å². The lowest BCUT2D eigenvalue weighted by Gasteiger charge is -2.17. The molecule has 0 aliphatic carbocycles. The number of ether oxygens (including phenoxy) is 1. The molecule has 4 heteroatoms. The molecule has 1 aliphatic heterocycles. The lowest BCUT2D eigenvalue weighted by atomic mass is 10.0. The molecule has 2 rings (SSSR count). The molecule has 16 heavy (non-hydrogen) atoms. The highest BCUT2D eigenvalue weighted by Crippen LogP contribution is 2.21. The van der Waals surface area contributed by atoms with Crippen LogP contribution in [-0.2, 0) is 11.2 Å². The second kappa shape index (κ2) is 5.25. The number of hydrogen-bond acceptors (Lipinski definition) is 2. The summed E-state index contributed by atoms with van der Waals surface area (Å²) in [6.45, 7) is 0.731. The Morgan fingerprint density at radius 3 is 3.00 bits per heavy atom. The summed E-state index contributed by atoms with van der Waals surface area (Å²) in [6, 6.07) is 4.80. The molecule has 0 radical (unpaired) electrons. The van der Waals surface area contributed by atoms with Crippen LogP contribution < -0.4 is 0 Å². The van der Waals surface area contributed by atoms with E-state index in [9.17, 15) is 9.50 Å². The third-order valence-corrected chi connectivity index (χ3v) is 3.43. The van der Waals surface area contributed by atoms with Crippen molar-refractivity contribution in [3.8, 4) is 0 Å². The largest absolute Gasteiger partial charge is 0.390 e. The second-order valence-electron chi connectivity index (χ2n) is 4.07. The average molecular weight is 289 g/mol. The zero-order valence-corrected chi connectivity index (χ0v) is 10.4. The zero-order chi connectivity index (χ0) is 11.5. The fourth-order valence-corrected chi connectivity index (χ4v) is 2.37. The van der Waals surface area contributed by atoms with Gasteiger partial charge in [0.05, 0.1) is 16.7 Å². The molecule has 1 aromatic carbocycles. The molecule has 2 nitrogen and oxygen atoms in total. The predicted molar refractivity (Wildman–Crippen MR) is 62.8 cm³/mol. The van der Waals surface area contributed by atoms with Crippen LogP contribution >= 0.6 is 15.9 Å². The number of benzene rings is 1. The molecule has 1 aromatic rings. The quantitative estimate of drug-likeness (QED) is 0.927. The first-order valence-electron chi connectivity index (χ1n) is 5.40. The molecular formula is C12H14BrFO2. The van der Waals surface area contributed by atoms with Crippen LogP contribution in [0.25, 0.3) is 0 Å². The monoisotopic (exact) mass is 288 g/mol. The van der Waals surface area contributed by atoms with Gasteiger partial charge in [-0.05, 0) is 46.5 Å². The van der Waals surface area contributed by atoms with Crippen molar-refractivity contribution in [2.24, 2.45) is 0 Å². The molecule has 0 spiro atoms. The third-order valence-electron chi connectivity index (χ3n) is 2.82. The van der Waals surface area contributed by atoms with Gasteiger partial charge in [0.2, 0.25) is 0 Å². The van der Waals surface area contributed by atoms with Crippen LogP contribution in [0.15, 0.2) is 22.7 Å². The number of hydrogen-bond donors (Lipinski definition) is 1. The van der Waals surface area contributed by atoms with E-state index >= 15 is 0 Å². The molecule has 1 N–H and O–H groups in total. The molecule has 1 aliphatic rings. The van der Waals surface area contributed by atoms with E-state index in [1.165, 1.54) is 6.07 Å². The third kappa shape index (κ3) is 2.81. The Hall–Kier alpha value is -0.450. The van der Waals surface area contributed by atoms with Gasteiger partial charge in [-0.2, -0.15) is 0 Å². The van der Waals surface area contributed by atoms with Crippen LogP contribution in [0.1, 0.15) is 18.4 Å². The summed E-state index contributed by atoms with van der Waals surface area (Å²) in [6.07, 6.45) is 1.85. The van der Waals surface area contributed by atoms with E-state index in [0.29, 0.717) is 10.9 Å². The summed E-state index contributed by atoms with van der Waals surface area (Å²) in [4.78, 5) is 0. The maximum absolute atomic E-state index is 13.0. The van der Waals surface area contributed by atoms with Gasteiger partial charge in [0, 0.05) is 13.0 Å². The minimum atomic E-state index is -0.500. The molecule has 1 heterocycles. The van der Waals surface area contributed by atoms with Crippen molar-refractivity contribution >= 4 is 15.9 Å². The highest BCUT2D eigenvalue weighted by molar-refractivity contribution is 9.10. The lowest BCUT2D eigenvalue weighted by molar-refractivity contribution is -0.000784. The van der Waals surface area contributed by atoms with Gasteiger partial charge in [-0.1, -0.05) is 6.07 Å². The molecule has 88 valence electrons. The normalized spacial score (nSPS) is 22.3. The van der Waals surface area contributed by atoms with Gasteiger partial charge in [-0.15, -0.1) is 0 Å². The van der Waals surface area contributed by atoms with Crippen molar-refractivity contribution in [2.45, 2.75) is 31.5 Å². The summed E-state index contributed by atoms with van der Waals surface area (Å²) in [7, 11) is 0. The number of halogens is 2. The minimum Gasteiger partial charge on any atom is -0.390 e. The summed E-state index contributed by atoms with van der Waals surface area (Å²) in [5.41, 5.74) is 0.913. The molecule has 1 fully saturated rings. The highest BCUT2D eigenvalue weighted by Gasteiger charge is 2.24. The number of rotatable bonds is 3. The zero-order valence-electron chi connectivity index (χ0n) is 8.83. The molecule has 0 aromatic heterocycles. The van der Waals surface area contributed by atoms with Gasteiger partial charge < -0.3 is 9.84 Å². The van der Waals surface area contributed by atoms with Crippen molar-refractivity contribution in [1.82, 2.24) is 0 Å². The maximum Gasteiger partial charge on any atom is 0.137 e. The van der Waals surface area contributed by atoms with Crippen molar-refractivity contribution < 1.29 is 14.2 Å². The number of aliphatic hydroxyl groups excluding tert-OH is 1. The van der Waals surface area contributed by atoms with E-state index in [1.807, 2.05) is 0 Å². The van der Waals surface area contributed by atoms with Crippen LogP contribution in [0.4, 0.5) is 4.39 Å². The lowest BCUT2D eigenvalue weighted by Crippen LogP contribution is -2.27. The van der Waals surface area contributed by atoms with E-state index in [2.05, 4.69) is 15.9 Å². The van der Waals surface area contributed by atoms with Crippen LogP contribution in [0.3, 0.4) is 0 Å². The molecular weight excluding hydrogens is 275 g/mol. The van der Waals surface area contributed by atoms with Gasteiger partial charge in [0.15, 0.2) is 0 Å².